The first-order valence-corrected chi connectivity index (χ1v) is 7.71. The predicted molar refractivity (Wildman–Crippen MR) is 81.3 cm³/mol. The Labute approximate surface area is 129 Å². The molecule has 0 spiro atoms. The molecule has 0 aromatic carbocycles. The third-order valence-corrected chi connectivity index (χ3v) is 4.41. The number of hydrogen-bond donors (Lipinski definition) is 1. The van der Waals surface area contributed by atoms with E-state index in [0.717, 1.165) is 41.6 Å². The molecule has 22 heavy (non-hydrogen) atoms. The van der Waals surface area contributed by atoms with Gasteiger partial charge in [0.2, 0.25) is 5.91 Å². The van der Waals surface area contributed by atoms with E-state index in [0.29, 0.717) is 6.54 Å². The summed E-state index contributed by atoms with van der Waals surface area (Å²) in [6.07, 6.45) is 1.62. The number of nitrogens with one attached hydrogen (secondary N) is 1. The lowest BCUT2D eigenvalue weighted by atomic mass is 9.97. The Kier molecular flexibility index (Phi) is 3.76. The average Bonchev–Trinajstić information content (AvgIpc) is 3.01. The maximum absolute atomic E-state index is 12.5. The van der Waals surface area contributed by atoms with E-state index in [1.807, 2.05) is 38.3 Å². The average molecular weight is 302 g/mol. The summed E-state index contributed by atoms with van der Waals surface area (Å²) in [7, 11) is 0. The van der Waals surface area contributed by atoms with Gasteiger partial charge in [-0.1, -0.05) is 0 Å². The molecule has 0 radical (unpaired) electrons. The largest absolute Gasteiger partial charge is 0.466 e. The van der Waals surface area contributed by atoms with Crippen molar-refractivity contribution in [2.45, 2.75) is 53.1 Å². The van der Waals surface area contributed by atoms with Crippen LogP contribution in [0.5, 0.6) is 0 Å². The van der Waals surface area contributed by atoms with Gasteiger partial charge in [-0.3, -0.25) is 4.79 Å². The monoisotopic (exact) mass is 302 g/mol. The fraction of sp³-hybridized carbons (Fsp3) is 0.562. The molecule has 1 aliphatic heterocycles. The van der Waals surface area contributed by atoms with Crippen molar-refractivity contribution in [3.05, 3.63) is 34.8 Å². The Bertz CT molecular complexity index is 701. The molecule has 1 N–H and O–H groups in total. The molecule has 0 fully saturated rings. The molecule has 0 aliphatic carbocycles. The van der Waals surface area contributed by atoms with Crippen molar-refractivity contribution in [1.82, 2.24) is 20.1 Å². The number of carbonyl (C=O) groups is 1. The summed E-state index contributed by atoms with van der Waals surface area (Å²) in [6.45, 7) is 8.43. The van der Waals surface area contributed by atoms with Gasteiger partial charge in [0.05, 0.1) is 12.0 Å². The molecule has 0 bridgehead atoms. The molecule has 6 nitrogen and oxygen atoms in total. The van der Waals surface area contributed by atoms with Crippen molar-refractivity contribution in [3.63, 3.8) is 0 Å². The quantitative estimate of drug-likeness (QED) is 0.943. The van der Waals surface area contributed by atoms with Gasteiger partial charge >= 0.3 is 0 Å². The zero-order chi connectivity index (χ0) is 15.9. The number of nitrogens with zero attached hydrogens (tertiary/aromatic N) is 3. The van der Waals surface area contributed by atoms with Crippen LogP contribution >= 0.6 is 0 Å². The van der Waals surface area contributed by atoms with E-state index in [1.54, 1.807) is 0 Å². The normalized spacial score (nSPS) is 18.8. The molecule has 0 saturated carbocycles. The van der Waals surface area contributed by atoms with Crippen molar-refractivity contribution >= 4 is 5.91 Å². The van der Waals surface area contributed by atoms with E-state index in [-0.39, 0.29) is 17.9 Å². The summed E-state index contributed by atoms with van der Waals surface area (Å²) >= 11 is 0. The molecule has 1 aliphatic rings. The fourth-order valence-corrected chi connectivity index (χ4v) is 3.17. The highest BCUT2D eigenvalue weighted by Gasteiger charge is 2.28. The lowest BCUT2D eigenvalue weighted by molar-refractivity contribution is -0.126. The number of hydrogen-bond acceptors (Lipinski definition) is 4. The second kappa shape index (κ2) is 5.59. The summed E-state index contributed by atoms with van der Waals surface area (Å²) in [5.41, 5.74) is 1.04. The molecule has 2 aromatic heterocycles. The smallest absolute Gasteiger partial charge is 0.225 e. The topological polar surface area (TPSA) is 73.0 Å². The van der Waals surface area contributed by atoms with Gasteiger partial charge in [-0.15, -0.1) is 10.2 Å². The molecule has 0 unspecified atom stereocenters. The van der Waals surface area contributed by atoms with Crippen LogP contribution in [0.15, 0.2) is 10.5 Å². The van der Waals surface area contributed by atoms with Crippen LogP contribution in [0.3, 0.4) is 0 Å². The summed E-state index contributed by atoms with van der Waals surface area (Å²) in [5, 5.41) is 11.3. The SMILES string of the molecule is Cc1cc([C@@H](C)NC(=O)[C@@H]2CCc3nnc(C)n3C2)c(C)o1. The van der Waals surface area contributed by atoms with Gasteiger partial charge in [0, 0.05) is 18.5 Å². The third kappa shape index (κ3) is 2.65. The number of carbonyl (C=O) groups excluding carboxylic acids is 1. The van der Waals surface area contributed by atoms with Crippen LogP contribution in [0.25, 0.3) is 0 Å². The van der Waals surface area contributed by atoms with Crippen molar-refractivity contribution in [2.24, 2.45) is 5.92 Å². The summed E-state index contributed by atoms with van der Waals surface area (Å²) in [5.74, 6) is 3.65. The maximum atomic E-state index is 12.5. The molecular weight excluding hydrogens is 280 g/mol. The second-order valence-electron chi connectivity index (χ2n) is 6.11. The zero-order valence-electron chi connectivity index (χ0n) is 13.5. The van der Waals surface area contributed by atoms with E-state index in [1.165, 1.54) is 0 Å². The van der Waals surface area contributed by atoms with Crippen molar-refractivity contribution < 1.29 is 9.21 Å². The second-order valence-corrected chi connectivity index (χ2v) is 6.11. The summed E-state index contributed by atoms with van der Waals surface area (Å²) < 4.78 is 7.59. The fourth-order valence-electron chi connectivity index (χ4n) is 3.17. The number of rotatable bonds is 3. The van der Waals surface area contributed by atoms with E-state index in [9.17, 15) is 4.79 Å². The van der Waals surface area contributed by atoms with Crippen LogP contribution in [0.1, 0.15) is 48.1 Å². The van der Waals surface area contributed by atoms with E-state index < -0.39 is 0 Å². The van der Waals surface area contributed by atoms with Crippen LogP contribution in [0.2, 0.25) is 0 Å². The third-order valence-electron chi connectivity index (χ3n) is 4.41. The number of amides is 1. The molecule has 118 valence electrons. The van der Waals surface area contributed by atoms with Gasteiger partial charge < -0.3 is 14.3 Å². The van der Waals surface area contributed by atoms with Gasteiger partial charge in [0.25, 0.3) is 0 Å². The molecule has 0 saturated heterocycles. The highest BCUT2D eigenvalue weighted by Crippen LogP contribution is 2.24. The lowest BCUT2D eigenvalue weighted by Gasteiger charge is -2.24. The van der Waals surface area contributed by atoms with Gasteiger partial charge in [0.1, 0.15) is 23.2 Å². The molecule has 6 heteroatoms. The first-order chi connectivity index (χ1) is 10.5. The highest BCUT2D eigenvalue weighted by molar-refractivity contribution is 5.79. The minimum absolute atomic E-state index is 0.0297. The zero-order valence-corrected chi connectivity index (χ0v) is 13.5. The highest BCUT2D eigenvalue weighted by atomic mass is 16.3. The van der Waals surface area contributed by atoms with Gasteiger partial charge in [-0.2, -0.15) is 0 Å². The summed E-state index contributed by atoms with van der Waals surface area (Å²) in [6, 6.07) is 1.94. The Morgan fingerprint density at radius 2 is 2.18 bits per heavy atom. The minimum atomic E-state index is -0.0478. The Balaban J connectivity index is 1.68. The van der Waals surface area contributed by atoms with Crippen LogP contribution in [-0.2, 0) is 17.8 Å². The van der Waals surface area contributed by atoms with Crippen LogP contribution in [-0.4, -0.2) is 20.7 Å². The minimum Gasteiger partial charge on any atom is -0.466 e. The van der Waals surface area contributed by atoms with Crippen LogP contribution in [0.4, 0.5) is 0 Å². The molecule has 1 amide bonds. The van der Waals surface area contributed by atoms with Gasteiger partial charge in [-0.05, 0) is 40.2 Å². The standard InChI is InChI=1S/C16H22N4O2/c1-9-7-14(11(3)22-9)10(2)17-16(21)13-5-6-15-19-18-12(4)20(15)8-13/h7,10,13H,5-6,8H2,1-4H3,(H,17,21)/t10-,13-/m1/s1. The maximum Gasteiger partial charge on any atom is 0.225 e. The number of aryl methyl sites for hydroxylation is 4. The lowest BCUT2D eigenvalue weighted by Crippen LogP contribution is -2.37. The number of furan rings is 1. The Hall–Kier alpha value is -2.11. The van der Waals surface area contributed by atoms with E-state index in [4.69, 9.17) is 4.42 Å². The van der Waals surface area contributed by atoms with Crippen LogP contribution < -0.4 is 5.32 Å². The Morgan fingerprint density at radius 3 is 2.86 bits per heavy atom. The van der Waals surface area contributed by atoms with E-state index in [2.05, 4.69) is 15.5 Å². The van der Waals surface area contributed by atoms with Gasteiger partial charge in [-0.25, -0.2) is 0 Å². The molecule has 2 atom stereocenters. The van der Waals surface area contributed by atoms with E-state index >= 15 is 0 Å². The number of fused-ring (bicyclic) bond motifs is 1. The van der Waals surface area contributed by atoms with Crippen molar-refractivity contribution in [3.8, 4) is 0 Å². The van der Waals surface area contributed by atoms with Crippen molar-refractivity contribution in [2.75, 3.05) is 0 Å². The summed E-state index contributed by atoms with van der Waals surface area (Å²) in [4.78, 5) is 12.5. The molecule has 2 aromatic rings. The molecular formula is C16H22N4O2. The molecule has 3 heterocycles. The Morgan fingerprint density at radius 1 is 1.41 bits per heavy atom. The van der Waals surface area contributed by atoms with Crippen molar-refractivity contribution in [1.29, 1.82) is 0 Å². The first kappa shape index (κ1) is 14.8. The van der Waals surface area contributed by atoms with Gasteiger partial charge in [0.15, 0.2) is 0 Å². The first-order valence-electron chi connectivity index (χ1n) is 7.71. The van der Waals surface area contributed by atoms with Crippen LogP contribution in [0, 0.1) is 26.7 Å². The molecule has 3 rings (SSSR count). The number of aromatic nitrogens is 3. The predicted octanol–water partition coefficient (Wildman–Crippen LogP) is 2.24.